The number of piperazine rings is 1. The Balaban J connectivity index is 1.62. The third-order valence-corrected chi connectivity index (χ3v) is 4.52. The number of amides is 1. The Morgan fingerprint density at radius 2 is 1.95 bits per heavy atom. The first-order valence-electron chi connectivity index (χ1n) is 8.62. The average Bonchev–Trinajstić information content (AvgIpc) is 3.00. The van der Waals surface area contributed by atoms with Gasteiger partial charge in [0.15, 0.2) is 0 Å². The van der Waals surface area contributed by atoms with Crippen molar-refractivity contribution in [2.45, 2.75) is 52.5 Å². The summed E-state index contributed by atoms with van der Waals surface area (Å²) < 4.78 is 2.00. The standard InChI is InChI=1S/C17H30N4O/c1-4-19-9-11-20(12-10-19)17(22)7-5-6-8-21-14-16(13-18-21)15(2)3/h13-15H,4-12H2,1-3H3. The van der Waals surface area contributed by atoms with E-state index in [1.165, 1.54) is 5.56 Å². The minimum atomic E-state index is 0.319. The summed E-state index contributed by atoms with van der Waals surface area (Å²) in [6.45, 7) is 12.4. The number of unbranched alkanes of at least 4 members (excludes halogenated alkanes) is 1. The SMILES string of the molecule is CCN1CCN(C(=O)CCCCn2cc(C(C)C)cn2)CC1. The number of nitrogens with zero attached hydrogens (tertiary/aromatic N) is 4. The van der Waals surface area contributed by atoms with E-state index in [1.807, 2.05) is 15.8 Å². The first-order chi connectivity index (χ1) is 10.6. The largest absolute Gasteiger partial charge is 0.340 e. The number of aromatic nitrogens is 2. The Bertz CT molecular complexity index is 461. The molecule has 1 aromatic heterocycles. The second kappa shape index (κ2) is 8.32. The summed E-state index contributed by atoms with van der Waals surface area (Å²) in [6.07, 6.45) is 6.70. The van der Waals surface area contributed by atoms with Crippen molar-refractivity contribution in [2.24, 2.45) is 0 Å². The van der Waals surface area contributed by atoms with Crippen molar-refractivity contribution in [3.8, 4) is 0 Å². The normalized spacial score (nSPS) is 16.5. The molecule has 124 valence electrons. The summed E-state index contributed by atoms with van der Waals surface area (Å²) in [7, 11) is 0. The second-order valence-corrected chi connectivity index (χ2v) is 6.46. The fraction of sp³-hybridized carbons (Fsp3) is 0.765. The third-order valence-electron chi connectivity index (χ3n) is 4.52. The van der Waals surface area contributed by atoms with Crippen LogP contribution in [0.3, 0.4) is 0 Å². The van der Waals surface area contributed by atoms with Gasteiger partial charge in [0.1, 0.15) is 0 Å². The molecular weight excluding hydrogens is 276 g/mol. The Labute approximate surface area is 134 Å². The van der Waals surface area contributed by atoms with Crippen LogP contribution in [0.25, 0.3) is 0 Å². The van der Waals surface area contributed by atoms with Gasteiger partial charge in [-0.15, -0.1) is 0 Å². The summed E-state index contributed by atoms with van der Waals surface area (Å²) in [5, 5.41) is 4.38. The predicted molar refractivity (Wildman–Crippen MR) is 88.9 cm³/mol. The second-order valence-electron chi connectivity index (χ2n) is 6.46. The van der Waals surface area contributed by atoms with Gasteiger partial charge < -0.3 is 9.80 Å². The van der Waals surface area contributed by atoms with Crippen molar-refractivity contribution in [2.75, 3.05) is 32.7 Å². The molecule has 1 fully saturated rings. The van der Waals surface area contributed by atoms with E-state index >= 15 is 0 Å². The van der Waals surface area contributed by atoms with Crippen molar-refractivity contribution in [3.05, 3.63) is 18.0 Å². The molecule has 0 spiro atoms. The molecule has 2 rings (SSSR count). The lowest BCUT2D eigenvalue weighted by Gasteiger charge is -2.34. The van der Waals surface area contributed by atoms with Gasteiger partial charge in [-0.05, 0) is 30.9 Å². The zero-order valence-corrected chi connectivity index (χ0v) is 14.3. The van der Waals surface area contributed by atoms with Crippen LogP contribution in [-0.2, 0) is 11.3 Å². The van der Waals surface area contributed by atoms with Crippen LogP contribution in [0, 0.1) is 0 Å². The van der Waals surface area contributed by atoms with Gasteiger partial charge in [0, 0.05) is 45.3 Å². The lowest BCUT2D eigenvalue weighted by Crippen LogP contribution is -2.48. The van der Waals surface area contributed by atoms with Crippen molar-refractivity contribution in [1.82, 2.24) is 19.6 Å². The number of carbonyl (C=O) groups excluding carboxylic acids is 1. The molecule has 0 aliphatic carbocycles. The van der Waals surface area contributed by atoms with Crippen LogP contribution in [0.4, 0.5) is 0 Å². The summed E-state index contributed by atoms with van der Waals surface area (Å²) in [5.41, 5.74) is 1.28. The molecule has 1 aliphatic heterocycles. The summed E-state index contributed by atoms with van der Waals surface area (Å²) in [4.78, 5) is 16.6. The molecular formula is C17H30N4O. The number of carbonyl (C=O) groups is 1. The van der Waals surface area contributed by atoms with Crippen molar-refractivity contribution in [1.29, 1.82) is 0 Å². The molecule has 0 saturated carbocycles. The molecule has 0 bridgehead atoms. The van der Waals surface area contributed by atoms with Crippen LogP contribution in [-0.4, -0.2) is 58.2 Å². The molecule has 0 unspecified atom stereocenters. The zero-order chi connectivity index (χ0) is 15.9. The minimum absolute atomic E-state index is 0.319. The molecule has 0 atom stereocenters. The van der Waals surface area contributed by atoms with E-state index in [4.69, 9.17) is 0 Å². The fourth-order valence-corrected chi connectivity index (χ4v) is 2.82. The molecule has 22 heavy (non-hydrogen) atoms. The van der Waals surface area contributed by atoms with Gasteiger partial charge in [0.2, 0.25) is 5.91 Å². The van der Waals surface area contributed by atoms with E-state index in [0.717, 1.165) is 52.1 Å². The monoisotopic (exact) mass is 306 g/mol. The van der Waals surface area contributed by atoms with Gasteiger partial charge in [-0.2, -0.15) is 5.10 Å². The number of rotatable bonds is 7. The molecule has 1 saturated heterocycles. The molecule has 2 heterocycles. The maximum Gasteiger partial charge on any atom is 0.222 e. The maximum absolute atomic E-state index is 12.2. The number of hydrogen-bond donors (Lipinski definition) is 0. The van der Waals surface area contributed by atoms with Gasteiger partial charge in [-0.25, -0.2) is 0 Å². The Morgan fingerprint density at radius 1 is 1.23 bits per heavy atom. The predicted octanol–water partition coefficient (Wildman–Crippen LogP) is 2.34. The molecule has 5 nitrogen and oxygen atoms in total. The Hall–Kier alpha value is -1.36. The molecule has 0 aromatic carbocycles. The lowest BCUT2D eigenvalue weighted by atomic mass is 10.1. The smallest absolute Gasteiger partial charge is 0.222 e. The maximum atomic E-state index is 12.2. The van der Waals surface area contributed by atoms with Gasteiger partial charge >= 0.3 is 0 Å². The quantitative estimate of drug-likeness (QED) is 0.726. The van der Waals surface area contributed by atoms with E-state index < -0.39 is 0 Å². The Morgan fingerprint density at radius 3 is 2.55 bits per heavy atom. The fourth-order valence-electron chi connectivity index (χ4n) is 2.82. The van der Waals surface area contributed by atoms with E-state index in [9.17, 15) is 4.79 Å². The topological polar surface area (TPSA) is 41.4 Å². The van der Waals surface area contributed by atoms with Crippen LogP contribution in [0.2, 0.25) is 0 Å². The molecule has 1 amide bonds. The van der Waals surface area contributed by atoms with E-state index in [1.54, 1.807) is 0 Å². The summed E-state index contributed by atoms with van der Waals surface area (Å²) in [5.74, 6) is 0.844. The number of aryl methyl sites for hydroxylation is 1. The third kappa shape index (κ3) is 4.83. The van der Waals surface area contributed by atoms with Gasteiger partial charge in [0.05, 0.1) is 6.20 Å². The summed E-state index contributed by atoms with van der Waals surface area (Å²) >= 11 is 0. The highest BCUT2D eigenvalue weighted by Crippen LogP contribution is 2.13. The molecule has 1 aromatic rings. The van der Waals surface area contributed by atoms with Crippen LogP contribution in [0.15, 0.2) is 12.4 Å². The minimum Gasteiger partial charge on any atom is -0.340 e. The van der Waals surface area contributed by atoms with E-state index in [2.05, 4.69) is 37.0 Å². The van der Waals surface area contributed by atoms with Crippen LogP contribution < -0.4 is 0 Å². The number of likely N-dealkylation sites (N-methyl/N-ethyl adjacent to an activating group) is 1. The molecule has 0 radical (unpaired) electrons. The van der Waals surface area contributed by atoms with Gasteiger partial charge in [-0.1, -0.05) is 20.8 Å². The van der Waals surface area contributed by atoms with Gasteiger partial charge in [0.25, 0.3) is 0 Å². The highest BCUT2D eigenvalue weighted by Gasteiger charge is 2.19. The molecule has 5 heteroatoms. The van der Waals surface area contributed by atoms with Crippen molar-refractivity contribution in [3.63, 3.8) is 0 Å². The first-order valence-corrected chi connectivity index (χ1v) is 8.62. The van der Waals surface area contributed by atoms with Crippen LogP contribution in [0.1, 0.15) is 51.5 Å². The first kappa shape index (κ1) is 17.0. The van der Waals surface area contributed by atoms with Crippen molar-refractivity contribution >= 4 is 5.91 Å². The highest BCUT2D eigenvalue weighted by molar-refractivity contribution is 5.76. The zero-order valence-electron chi connectivity index (χ0n) is 14.3. The summed E-state index contributed by atoms with van der Waals surface area (Å²) in [6, 6.07) is 0. The highest BCUT2D eigenvalue weighted by atomic mass is 16.2. The lowest BCUT2D eigenvalue weighted by molar-refractivity contribution is -0.133. The Kier molecular flexibility index (Phi) is 6.43. The van der Waals surface area contributed by atoms with E-state index in [-0.39, 0.29) is 0 Å². The van der Waals surface area contributed by atoms with E-state index in [0.29, 0.717) is 18.2 Å². The van der Waals surface area contributed by atoms with Crippen molar-refractivity contribution < 1.29 is 4.79 Å². The number of hydrogen-bond acceptors (Lipinski definition) is 3. The van der Waals surface area contributed by atoms with Crippen LogP contribution >= 0.6 is 0 Å². The molecule has 1 aliphatic rings. The van der Waals surface area contributed by atoms with Gasteiger partial charge in [-0.3, -0.25) is 9.48 Å². The molecule has 0 N–H and O–H groups in total. The average molecular weight is 306 g/mol. The van der Waals surface area contributed by atoms with Crippen LogP contribution in [0.5, 0.6) is 0 Å².